The maximum absolute atomic E-state index is 5.62. The van der Waals surface area contributed by atoms with Gasteiger partial charge in [-0.2, -0.15) is 0 Å². The highest BCUT2D eigenvalue weighted by Crippen LogP contribution is 2.40. The molecule has 0 radical (unpaired) electrons. The number of ether oxygens (including phenoxy) is 3. The van der Waals surface area contributed by atoms with Crippen LogP contribution < -0.4 is 14.8 Å². The molecule has 104 valence electrons. The van der Waals surface area contributed by atoms with Crippen molar-refractivity contribution in [2.45, 2.75) is 18.9 Å². The van der Waals surface area contributed by atoms with Crippen LogP contribution in [-0.2, 0) is 4.74 Å². The summed E-state index contributed by atoms with van der Waals surface area (Å²) in [5, 5.41) is 3.55. The minimum absolute atomic E-state index is 0.365. The van der Waals surface area contributed by atoms with E-state index in [0.29, 0.717) is 19.3 Å². The van der Waals surface area contributed by atoms with Crippen molar-refractivity contribution in [1.29, 1.82) is 0 Å². The molecule has 2 aliphatic rings. The van der Waals surface area contributed by atoms with Crippen LogP contribution in [0.1, 0.15) is 12.8 Å². The van der Waals surface area contributed by atoms with Crippen LogP contribution in [0.5, 0.6) is 11.5 Å². The summed E-state index contributed by atoms with van der Waals surface area (Å²) in [6.45, 7) is 1.95. The first-order valence-electron chi connectivity index (χ1n) is 6.62. The van der Waals surface area contributed by atoms with Crippen molar-refractivity contribution >= 4 is 21.6 Å². The van der Waals surface area contributed by atoms with Crippen LogP contribution in [0.4, 0.5) is 5.69 Å². The molecule has 0 bridgehead atoms. The molecule has 1 aromatic carbocycles. The smallest absolute Gasteiger partial charge is 0.163 e. The lowest BCUT2D eigenvalue weighted by atomic mass is 10.1. The predicted molar refractivity (Wildman–Crippen MR) is 77.1 cm³/mol. The summed E-state index contributed by atoms with van der Waals surface area (Å²) in [5.74, 6) is 2.34. The molecular weight excluding hydrogens is 310 g/mol. The van der Waals surface area contributed by atoms with Gasteiger partial charge >= 0.3 is 0 Å². The average molecular weight is 328 g/mol. The van der Waals surface area contributed by atoms with Gasteiger partial charge in [0.2, 0.25) is 0 Å². The molecule has 0 aromatic heterocycles. The Bertz CT molecular complexity index is 462. The third-order valence-electron chi connectivity index (χ3n) is 3.51. The molecule has 1 unspecified atom stereocenters. The summed E-state index contributed by atoms with van der Waals surface area (Å²) in [6.07, 6.45) is 2.56. The zero-order chi connectivity index (χ0) is 13.2. The summed E-state index contributed by atoms with van der Waals surface area (Å²) < 4.78 is 17.5. The van der Waals surface area contributed by atoms with Gasteiger partial charge in [0.15, 0.2) is 11.5 Å². The Morgan fingerprint density at radius 3 is 2.63 bits per heavy atom. The van der Waals surface area contributed by atoms with E-state index in [1.165, 1.54) is 12.8 Å². The van der Waals surface area contributed by atoms with E-state index in [4.69, 9.17) is 14.2 Å². The van der Waals surface area contributed by atoms with Gasteiger partial charge in [-0.1, -0.05) is 0 Å². The zero-order valence-corrected chi connectivity index (χ0v) is 12.5. The molecule has 1 saturated carbocycles. The number of halogens is 1. The Kier molecular flexibility index (Phi) is 3.84. The van der Waals surface area contributed by atoms with E-state index >= 15 is 0 Å². The first-order valence-corrected chi connectivity index (χ1v) is 7.42. The lowest BCUT2D eigenvalue weighted by molar-refractivity contribution is 0.171. The second-order valence-corrected chi connectivity index (χ2v) is 5.87. The molecule has 1 N–H and O–H groups in total. The third kappa shape index (κ3) is 2.98. The van der Waals surface area contributed by atoms with Crippen molar-refractivity contribution in [3.8, 4) is 11.5 Å². The van der Waals surface area contributed by atoms with Crippen molar-refractivity contribution in [1.82, 2.24) is 0 Å². The van der Waals surface area contributed by atoms with Gasteiger partial charge in [-0.25, -0.2) is 0 Å². The number of fused-ring (bicyclic) bond motifs is 1. The lowest BCUT2D eigenvalue weighted by Crippen LogP contribution is -2.27. The fourth-order valence-corrected chi connectivity index (χ4v) is 2.78. The number of anilines is 1. The van der Waals surface area contributed by atoms with Crippen LogP contribution in [0, 0.1) is 5.92 Å². The lowest BCUT2D eigenvalue weighted by Gasteiger charge is -2.23. The van der Waals surface area contributed by atoms with Crippen LogP contribution in [0.3, 0.4) is 0 Å². The Morgan fingerprint density at radius 1 is 1.32 bits per heavy atom. The van der Waals surface area contributed by atoms with Crippen molar-refractivity contribution in [3.05, 3.63) is 16.6 Å². The number of nitrogens with one attached hydrogen (secondary N) is 1. The second-order valence-electron chi connectivity index (χ2n) is 5.02. The highest BCUT2D eigenvalue weighted by molar-refractivity contribution is 9.10. The number of benzene rings is 1. The maximum atomic E-state index is 5.62. The van der Waals surface area contributed by atoms with E-state index in [9.17, 15) is 0 Å². The summed E-state index contributed by atoms with van der Waals surface area (Å²) in [6, 6.07) is 4.33. The maximum Gasteiger partial charge on any atom is 0.163 e. The third-order valence-corrected chi connectivity index (χ3v) is 4.17. The number of hydrogen-bond acceptors (Lipinski definition) is 4. The van der Waals surface area contributed by atoms with Crippen molar-refractivity contribution in [3.63, 3.8) is 0 Å². The van der Waals surface area contributed by atoms with Crippen molar-refractivity contribution in [2.24, 2.45) is 5.92 Å². The molecule has 1 heterocycles. The fourth-order valence-electron chi connectivity index (χ4n) is 2.35. The fraction of sp³-hybridized carbons (Fsp3) is 0.571. The predicted octanol–water partition coefficient (Wildman–Crippen LogP) is 3.06. The van der Waals surface area contributed by atoms with Gasteiger partial charge < -0.3 is 19.5 Å². The van der Waals surface area contributed by atoms with E-state index in [0.717, 1.165) is 34.2 Å². The average Bonchev–Trinajstić information content (AvgIpc) is 3.23. The molecule has 0 saturated heterocycles. The number of methoxy groups -OCH3 is 1. The molecule has 1 atom stereocenters. The van der Waals surface area contributed by atoms with E-state index in [1.54, 1.807) is 7.11 Å². The largest absolute Gasteiger partial charge is 0.486 e. The van der Waals surface area contributed by atoms with Gasteiger partial charge in [0.1, 0.15) is 13.2 Å². The van der Waals surface area contributed by atoms with Gasteiger partial charge in [-0.15, -0.1) is 0 Å². The number of rotatable bonds is 5. The minimum atomic E-state index is 0.365. The standard InChI is InChI=1S/C14H18BrNO3/c1-17-8-12(9-2-3-9)16-11-7-14-13(6-10(11)15)18-4-5-19-14/h6-7,9,12,16H,2-5,8H2,1H3. The van der Waals surface area contributed by atoms with E-state index in [-0.39, 0.29) is 0 Å². The molecule has 3 rings (SSSR count). The van der Waals surface area contributed by atoms with Crippen LogP contribution in [0.15, 0.2) is 16.6 Å². The SMILES string of the molecule is COCC(Nc1cc2c(cc1Br)OCCO2)C1CC1. The topological polar surface area (TPSA) is 39.7 Å². The van der Waals surface area contributed by atoms with Gasteiger partial charge in [0.25, 0.3) is 0 Å². The summed E-state index contributed by atoms with van der Waals surface area (Å²) in [4.78, 5) is 0. The summed E-state index contributed by atoms with van der Waals surface area (Å²) in [5.41, 5.74) is 1.04. The normalized spacial score (nSPS) is 19.1. The summed E-state index contributed by atoms with van der Waals surface area (Å²) in [7, 11) is 1.75. The molecule has 1 aromatic rings. The molecule has 1 fully saturated rings. The van der Waals surface area contributed by atoms with Crippen LogP contribution in [-0.4, -0.2) is 33.0 Å². The van der Waals surface area contributed by atoms with Crippen LogP contribution in [0.25, 0.3) is 0 Å². The zero-order valence-electron chi connectivity index (χ0n) is 10.9. The van der Waals surface area contributed by atoms with E-state index < -0.39 is 0 Å². The Morgan fingerprint density at radius 2 is 2.00 bits per heavy atom. The quantitative estimate of drug-likeness (QED) is 0.902. The van der Waals surface area contributed by atoms with Crippen molar-refractivity contribution < 1.29 is 14.2 Å². The van der Waals surface area contributed by atoms with Gasteiger partial charge in [0, 0.05) is 23.7 Å². The Balaban J connectivity index is 1.79. The Hall–Kier alpha value is -0.940. The Labute approximate surface area is 121 Å². The second kappa shape index (κ2) is 5.59. The molecule has 0 amide bonds. The summed E-state index contributed by atoms with van der Waals surface area (Å²) >= 11 is 3.59. The van der Waals surface area contributed by atoms with Crippen molar-refractivity contribution in [2.75, 3.05) is 32.2 Å². The highest BCUT2D eigenvalue weighted by Gasteiger charge is 2.31. The van der Waals surface area contributed by atoms with Gasteiger partial charge in [-0.05, 0) is 34.7 Å². The molecule has 1 aliphatic heterocycles. The molecule has 4 nitrogen and oxygen atoms in total. The van der Waals surface area contributed by atoms with E-state index in [1.807, 2.05) is 12.1 Å². The molecule has 0 spiro atoms. The molecule has 1 aliphatic carbocycles. The first kappa shape index (κ1) is 13.1. The molecule has 5 heteroatoms. The highest BCUT2D eigenvalue weighted by atomic mass is 79.9. The van der Waals surface area contributed by atoms with Gasteiger partial charge in [0.05, 0.1) is 18.3 Å². The minimum Gasteiger partial charge on any atom is -0.486 e. The van der Waals surface area contributed by atoms with Gasteiger partial charge in [-0.3, -0.25) is 0 Å². The van der Waals surface area contributed by atoms with Crippen LogP contribution in [0.2, 0.25) is 0 Å². The number of hydrogen-bond donors (Lipinski definition) is 1. The first-order chi connectivity index (χ1) is 9.28. The van der Waals surface area contributed by atoms with E-state index in [2.05, 4.69) is 21.2 Å². The monoisotopic (exact) mass is 327 g/mol. The molecule has 19 heavy (non-hydrogen) atoms. The van der Waals surface area contributed by atoms with Crippen LogP contribution >= 0.6 is 15.9 Å². The molecular formula is C14H18BrNO3.